The number of aromatic nitrogens is 2. The number of amides is 1. The molecule has 146 valence electrons. The predicted molar refractivity (Wildman–Crippen MR) is 111 cm³/mol. The van der Waals surface area contributed by atoms with E-state index in [-0.39, 0.29) is 5.82 Å². The molecule has 0 saturated heterocycles. The Labute approximate surface area is 171 Å². The number of rotatable bonds is 8. The molecule has 0 aliphatic rings. The number of anilines is 1. The van der Waals surface area contributed by atoms with E-state index < -0.39 is 6.09 Å². The first-order chi connectivity index (χ1) is 13.7. The molecule has 3 rings (SSSR count). The van der Waals surface area contributed by atoms with E-state index in [1.54, 1.807) is 23.9 Å². The highest BCUT2D eigenvalue weighted by Gasteiger charge is 2.13. The van der Waals surface area contributed by atoms with E-state index in [0.717, 1.165) is 28.9 Å². The molecule has 0 bridgehead atoms. The zero-order chi connectivity index (χ0) is 19.8. The molecule has 28 heavy (non-hydrogen) atoms. The average molecular weight is 418 g/mol. The SMILES string of the molecule is CCCCOC(=O)Nc1nnc(-c2ccccc2SCc2ccc(F)cc2)s1. The summed E-state index contributed by atoms with van der Waals surface area (Å²) in [5.41, 5.74) is 1.98. The van der Waals surface area contributed by atoms with Crippen LogP contribution in [0.3, 0.4) is 0 Å². The van der Waals surface area contributed by atoms with Gasteiger partial charge in [0.15, 0.2) is 5.01 Å². The first-order valence-electron chi connectivity index (χ1n) is 8.89. The van der Waals surface area contributed by atoms with Crippen molar-refractivity contribution in [1.29, 1.82) is 0 Å². The maximum Gasteiger partial charge on any atom is 0.413 e. The number of hydrogen-bond donors (Lipinski definition) is 1. The van der Waals surface area contributed by atoms with Crippen LogP contribution in [0.2, 0.25) is 0 Å². The van der Waals surface area contributed by atoms with Crippen molar-refractivity contribution in [1.82, 2.24) is 10.2 Å². The molecule has 1 amide bonds. The molecular weight excluding hydrogens is 397 g/mol. The number of thioether (sulfide) groups is 1. The molecule has 2 aromatic carbocycles. The molecule has 5 nitrogen and oxygen atoms in total. The number of hydrogen-bond acceptors (Lipinski definition) is 6. The van der Waals surface area contributed by atoms with E-state index in [1.165, 1.54) is 23.5 Å². The molecule has 0 radical (unpaired) electrons. The molecule has 0 unspecified atom stereocenters. The first kappa shape index (κ1) is 20.3. The molecule has 1 aromatic heterocycles. The second kappa shape index (κ2) is 10.2. The van der Waals surface area contributed by atoms with Gasteiger partial charge in [-0.05, 0) is 30.2 Å². The van der Waals surface area contributed by atoms with Gasteiger partial charge in [0.2, 0.25) is 5.13 Å². The van der Waals surface area contributed by atoms with E-state index in [0.29, 0.717) is 22.5 Å². The molecule has 0 fully saturated rings. The van der Waals surface area contributed by atoms with E-state index in [2.05, 4.69) is 15.5 Å². The Morgan fingerprint density at radius 1 is 1.18 bits per heavy atom. The van der Waals surface area contributed by atoms with Gasteiger partial charge in [0.05, 0.1) is 6.61 Å². The van der Waals surface area contributed by atoms with Crippen LogP contribution < -0.4 is 5.32 Å². The summed E-state index contributed by atoms with van der Waals surface area (Å²) < 4.78 is 18.1. The van der Waals surface area contributed by atoms with Gasteiger partial charge in [0, 0.05) is 16.2 Å². The summed E-state index contributed by atoms with van der Waals surface area (Å²) >= 11 is 2.94. The highest BCUT2D eigenvalue weighted by atomic mass is 32.2. The minimum absolute atomic E-state index is 0.240. The highest BCUT2D eigenvalue weighted by Crippen LogP contribution is 2.35. The van der Waals surface area contributed by atoms with Gasteiger partial charge < -0.3 is 4.74 Å². The van der Waals surface area contributed by atoms with Crippen molar-refractivity contribution in [3.63, 3.8) is 0 Å². The Kier molecular flexibility index (Phi) is 7.39. The molecule has 0 spiro atoms. The zero-order valence-corrected chi connectivity index (χ0v) is 17.0. The normalized spacial score (nSPS) is 10.6. The fourth-order valence-electron chi connectivity index (χ4n) is 2.33. The molecule has 1 heterocycles. The third-order valence-corrected chi connectivity index (χ3v) is 5.81. The van der Waals surface area contributed by atoms with Gasteiger partial charge in [-0.25, -0.2) is 9.18 Å². The lowest BCUT2D eigenvalue weighted by Crippen LogP contribution is -2.14. The number of halogens is 1. The average Bonchev–Trinajstić information content (AvgIpc) is 3.16. The minimum atomic E-state index is -0.518. The van der Waals surface area contributed by atoms with Gasteiger partial charge in [-0.1, -0.05) is 55.0 Å². The number of nitrogens with zero attached hydrogens (tertiary/aromatic N) is 2. The lowest BCUT2D eigenvalue weighted by molar-refractivity contribution is 0.160. The summed E-state index contributed by atoms with van der Waals surface area (Å²) in [5.74, 6) is 0.474. The fraction of sp³-hybridized carbons (Fsp3) is 0.250. The van der Waals surface area contributed by atoms with Gasteiger partial charge in [-0.2, -0.15) is 0 Å². The van der Waals surface area contributed by atoms with E-state index in [1.807, 2.05) is 31.2 Å². The summed E-state index contributed by atoms with van der Waals surface area (Å²) in [7, 11) is 0. The number of unbranched alkanes of at least 4 members (excludes halogenated alkanes) is 1. The van der Waals surface area contributed by atoms with Crippen LogP contribution in [-0.2, 0) is 10.5 Å². The van der Waals surface area contributed by atoms with Crippen LogP contribution in [0.15, 0.2) is 53.4 Å². The van der Waals surface area contributed by atoms with Crippen molar-refractivity contribution >= 4 is 34.3 Å². The molecule has 3 aromatic rings. The van der Waals surface area contributed by atoms with Gasteiger partial charge in [-0.15, -0.1) is 22.0 Å². The van der Waals surface area contributed by atoms with Crippen LogP contribution in [0, 0.1) is 5.82 Å². The summed E-state index contributed by atoms with van der Waals surface area (Å²) in [5, 5.41) is 12.0. The summed E-state index contributed by atoms with van der Waals surface area (Å²) in [6.07, 6.45) is 1.27. The van der Waals surface area contributed by atoms with Gasteiger partial charge in [-0.3, -0.25) is 5.32 Å². The first-order valence-corrected chi connectivity index (χ1v) is 10.7. The van der Waals surface area contributed by atoms with Crippen molar-refractivity contribution in [2.24, 2.45) is 0 Å². The Morgan fingerprint density at radius 2 is 1.96 bits per heavy atom. The molecular formula is C20H20FN3O2S2. The number of ether oxygens (including phenoxy) is 1. The number of benzene rings is 2. The Bertz CT molecular complexity index is 916. The maximum atomic E-state index is 13.1. The van der Waals surface area contributed by atoms with Crippen LogP contribution in [0.4, 0.5) is 14.3 Å². The van der Waals surface area contributed by atoms with Gasteiger partial charge >= 0.3 is 6.09 Å². The zero-order valence-electron chi connectivity index (χ0n) is 15.4. The molecule has 0 aliphatic carbocycles. The van der Waals surface area contributed by atoms with E-state index in [9.17, 15) is 9.18 Å². The van der Waals surface area contributed by atoms with E-state index >= 15 is 0 Å². The highest BCUT2D eigenvalue weighted by molar-refractivity contribution is 7.98. The van der Waals surface area contributed by atoms with Gasteiger partial charge in [0.25, 0.3) is 0 Å². The monoisotopic (exact) mass is 417 g/mol. The van der Waals surface area contributed by atoms with Crippen LogP contribution in [0.1, 0.15) is 25.3 Å². The Morgan fingerprint density at radius 3 is 2.75 bits per heavy atom. The van der Waals surface area contributed by atoms with Crippen molar-refractivity contribution in [3.05, 3.63) is 59.9 Å². The van der Waals surface area contributed by atoms with Crippen molar-refractivity contribution < 1.29 is 13.9 Å². The number of nitrogens with one attached hydrogen (secondary N) is 1. The van der Waals surface area contributed by atoms with Crippen LogP contribution in [0.25, 0.3) is 10.6 Å². The standard InChI is InChI=1S/C20H20FN3O2S2/c1-2-3-12-26-20(25)22-19-24-23-18(28-19)16-6-4-5-7-17(16)27-13-14-8-10-15(21)11-9-14/h4-11H,2-3,12-13H2,1H3,(H,22,24,25). The Hall–Kier alpha value is -2.45. The molecule has 0 saturated carbocycles. The minimum Gasteiger partial charge on any atom is -0.449 e. The molecule has 8 heteroatoms. The molecule has 1 N–H and O–H groups in total. The second-order valence-electron chi connectivity index (χ2n) is 5.94. The fourth-order valence-corrected chi connectivity index (χ4v) is 4.17. The smallest absolute Gasteiger partial charge is 0.413 e. The van der Waals surface area contributed by atoms with Crippen molar-refractivity contribution in [2.45, 2.75) is 30.4 Å². The van der Waals surface area contributed by atoms with Crippen molar-refractivity contribution in [3.8, 4) is 10.6 Å². The molecule has 0 atom stereocenters. The number of carbonyl (C=O) groups excluding carboxylic acids is 1. The third-order valence-electron chi connectivity index (χ3n) is 3.79. The van der Waals surface area contributed by atoms with Crippen LogP contribution in [0.5, 0.6) is 0 Å². The third kappa shape index (κ3) is 5.77. The largest absolute Gasteiger partial charge is 0.449 e. The lowest BCUT2D eigenvalue weighted by Gasteiger charge is -2.06. The number of carbonyl (C=O) groups is 1. The predicted octanol–water partition coefficient (Wildman–Crippen LogP) is 5.99. The summed E-state index contributed by atoms with van der Waals surface area (Å²) in [6, 6.07) is 14.4. The van der Waals surface area contributed by atoms with Crippen LogP contribution in [-0.4, -0.2) is 22.9 Å². The molecule has 0 aliphatic heterocycles. The van der Waals surface area contributed by atoms with Crippen LogP contribution >= 0.6 is 23.1 Å². The Balaban J connectivity index is 1.66. The van der Waals surface area contributed by atoms with Crippen molar-refractivity contribution in [2.75, 3.05) is 11.9 Å². The van der Waals surface area contributed by atoms with Gasteiger partial charge in [0.1, 0.15) is 5.82 Å². The topological polar surface area (TPSA) is 64.1 Å². The van der Waals surface area contributed by atoms with E-state index in [4.69, 9.17) is 4.74 Å². The second-order valence-corrected chi connectivity index (χ2v) is 7.93. The maximum absolute atomic E-state index is 13.1. The lowest BCUT2D eigenvalue weighted by atomic mass is 10.2. The summed E-state index contributed by atoms with van der Waals surface area (Å²) in [6.45, 7) is 2.42. The quantitative estimate of drug-likeness (QED) is 0.360. The summed E-state index contributed by atoms with van der Waals surface area (Å²) in [4.78, 5) is 12.8.